The lowest BCUT2D eigenvalue weighted by Crippen LogP contribution is -2.66. The maximum Gasteiger partial charge on any atom is 0.193 e. The molecule has 1 fully saturated rings. The van der Waals surface area contributed by atoms with E-state index < -0.39 is 30.9 Å². The second-order valence-corrected chi connectivity index (χ2v) is 7.06. The molecule has 0 aromatic carbocycles. The first-order valence-corrected chi connectivity index (χ1v) is 6.76. The third-order valence-corrected chi connectivity index (χ3v) is 7.18. The van der Waals surface area contributed by atoms with Crippen molar-refractivity contribution in [3.8, 4) is 0 Å². The van der Waals surface area contributed by atoms with Gasteiger partial charge in [0.05, 0.1) is 21.5 Å². The summed E-state index contributed by atoms with van der Waals surface area (Å²) in [7, 11) is 1.32. The van der Waals surface area contributed by atoms with Gasteiger partial charge in [-0.25, -0.2) is 0 Å². The van der Waals surface area contributed by atoms with Crippen molar-refractivity contribution >= 4 is 81.2 Å². The molecule has 8 heteroatoms. The van der Waals surface area contributed by atoms with Crippen molar-refractivity contribution in [3.63, 3.8) is 0 Å². The van der Waals surface area contributed by atoms with Crippen molar-refractivity contribution in [2.45, 2.75) is 30.9 Å². The van der Waals surface area contributed by atoms with Crippen LogP contribution in [0.5, 0.6) is 0 Å². The molecule has 0 aromatic heterocycles. The summed E-state index contributed by atoms with van der Waals surface area (Å²) in [5.41, 5.74) is 0. The molecule has 0 aliphatic heterocycles. The summed E-state index contributed by atoms with van der Waals surface area (Å²) in [6, 6.07) is 0. The largest absolute Gasteiger partial charge is 0.358 e. The molecule has 1 aliphatic carbocycles. The highest BCUT2D eigenvalue weighted by Crippen LogP contribution is 2.56. The molecular weight excluding hydrogens is 348 g/mol. The lowest BCUT2D eigenvalue weighted by Gasteiger charge is -2.50. The first-order valence-electron chi connectivity index (χ1n) is 3.88. The molecule has 90 valence electrons. The smallest absolute Gasteiger partial charge is 0.193 e. The van der Waals surface area contributed by atoms with Crippen LogP contribution in [-0.2, 0) is 4.74 Å². The molecule has 0 amide bonds. The van der Waals surface area contributed by atoms with Gasteiger partial charge in [-0.3, -0.25) is 0 Å². The number of methoxy groups -OCH3 is 1. The Kier molecular flexibility index (Phi) is 4.95. The average molecular weight is 355 g/mol. The summed E-state index contributed by atoms with van der Waals surface area (Å²) in [6.45, 7) is 0. The molecule has 0 bridgehead atoms. The first kappa shape index (κ1) is 15.0. The molecule has 5 unspecified atom stereocenters. The van der Waals surface area contributed by atoms with E-state index in [1.54, 1.807) is 0 Å². The van der Waals surface area contributed by atoms with E-state index in [1.165, 1.54) is 7.11 Å². The normalized spacial score (nSPS) is 50.4. The SMILES string of the molecule is COC1(Cl)C(Cl)C(Cl)C(Cl)C(Cl)C1(Cl)Cl. The van der Waals surface area contributed by atoms with Crippen LogP contribution in [0.2, 0.25) is 0 Å². The topological polar surface area (TPSA) is 9.23 Å². The predicted molar refractivity (Wildman–Crippen MR) is 68.6 cm³/mol. The molecule has 1 rings (SSSR count). The van der Waals surface area contributed by atoms with Crippen molar-refractivity contribution < 1.29 is 4.74 Å². The van der Waals surface area contributed by atoms with Gasteiger partial charge in [-0.15, -0.1) is 46.4 Å². The van der Waals surface area contributed by atoms with Gasteiger partial charge in [-0.05, 0) is 0 Å². The Balaban J connectivity index is 3.16. The Morgan fingerprint density at radius 3 is 1.67 bits per heavy atom. The third kappa shape index (κ3) is 2.17. The fourth-order valence-electron chi connectivity index (χ4n) is 1.35. The van der Waals surface area contributed by atoms with Crippen molar-refractivity contribution in [1.29, 1.82) is 0 Å². The molecule has 5 atom stereocenters. The van der Waals surface area contributed by atoms with Gasteiger partial charge in [-0.1, -0.05) is 34.8 Å². The van der Waals surface area contributed by atoms with Gasteiger partial charge < -0.3 is 4.74 Å². The lowest BCUT2D eigenvalue weighted by atomic mass is 9.93. The Morgan fingerprint density at radius 1 is 0.867 bits per heavy atom. The molecule has 1 aliphatic rings. The van der Waals surface area contributed by atoms with Crippen molar-refractivity contribution in [2.75, 3.05) is 7.11 Å². The maximum absolute atomic E-state index is 6.11. The van der Waals surface area contributed by atoms with Crippen LogP contribution >= 0.6 is 81.2 Å². The highest BCUT2D eigenvalue weighted by Gasteiger charge is 2.66. The second kappa shape index (κ2) is 4.93. The van der Waals surface area contributed by atoms with Crippen LogP contribution in [0.1, 0.15) is 0 Å². The van der Waals surface area contributed by atoms with Crippen LogP contribution in [0.3, 0.4) is 0 Å². The number of hydrogen-bond donors (Lipinski definition) is 0. The zero-order valence-corrected chi connectivity index (χ0v) is 12.7. The minimum atomic E-state index is -1.63. The zero-order valence-electron chi connectivity index (χ0n) is 7.36. The third-order valence-electron chi connectivity index (χ3n) is 2.32. The molecule has 0 spiro atoms. The Bertz CT molecular complexity index is 247. The highest BCUT2D eigenvalue weighted by atomic mass is 35.5. The van der Waals surface area contributed by atoms with Gasteiger partial charge >= 0.3 is 0 Å². The average Bonchev–Trinajstić information content (AvgIpc) is 2.21. The summed E-state index contributed by atoms with van der Waals surface area (Å²) in [4.78, 5) is 0. The number of rotatable bonds is 1. The highest BCUT2D eigenvalue weighted by molar-refractivity contribution is 6.59. The van der Waals surface area contributed by atoms with Crippen LogP contribution in [-0.4, -0.2) is 38.0 Å². The van der Waals surface area contributed by atoms with Gasteiger partial charge in [0.15, 0.2) is 9.39 Å². The van der Waals surface area contributed by atoms with Crippen LogP contribution in [0.15, 0.2) is 0 Å². The van der Waals surface area contributed by atoms with Gasteiger partial charge in [-0.2, -0.15) is 0 Å². The van der Waals surface area contributed by atoms with E-state index in [2.05, 4.69) is 0 Å². The summed E-state index contributed by atoms with van der Waals surface area (Å²) in [6.07, 6.45) is 0. The van der Waals surface area contributed by atoms with Crippen molar-refractivity contribution in [1.82, 2.24) is 0 Å². The summed E-state index contributed by atoms with van der Waals surface area (Å²) >= 11 is 42.1. The van der Waals surface area contributed by atoms with Crippen molar-refractivity contribution in [2.24, 2.45) is 0 Å². The number of ether oxygens (including phenoxy) is 1. The van der Waals surface area contributed by atoms with Gasteiger partial charge in [0.25, 0.3) is 0 Å². The standard InChI is InChI=1S/C7H7Cl7O/c1-15-7(14)5(11)3(9)2(8)4(10)6(7,12)13/h2-5H,1H3. The molecule has 0 radical (unpaired) electrons. The molecule has 1 saturated carbocycles. The van der Waals surface area contributed by atoms with E-state index in [-0.39, 0.29) is 0 Å². The molecule has 0 saturated heterocycles. The van der Waals surface area contributed by atoms with Crippen LogP contribution < -0.4 is 0 Å². The molecule has 0 heterocycles. The van der Waals surface area contributed by atoms with Crippen LogP contribution in [0, 0.1) is 0 Å². The van der Waals surface area contributed by atoms with E-state index in [9.17, 15) is 0 Å². The Labute approximate surface area is 123 Å². The maximum atomic E-state index is 6.11. The first-order chi connectivity index (χ1) is 6.70. The lowest BCUT2D eigenvalue weighted by molar-refractivity contribution is 0.0316. The van der Waals surface area contributed by atoms with E-state index in [0.29, 0.717) is 0 Å². The number of halogens is 7. The van der Waals surface area contributed by atoms with E-state index >= 15 is 0 Å². The van der Waals surface area contributed by atoms with E-state index in [4.69, 9.17) is 85.9 Å². The molecule has 1 nitrogen and oxygen atoms in total. The Hall–Kier alpha value is 1.99. The molecule has 0 aromatic rings. The second-order valence-electron chi connectivity index (χ2n) is 3.16. The van der Waals surface area contributed by atoms with Gasteiger partial charge in [0, 0.05) is 7.11 Å². The summed E-state index contributed by atoms with van der Waals surface area (Å²) < 4.78 is 3.41. The van der Waals surface area contributed by atoms with Crippen LogP contribution in [0.25, 0.3) is 0 Å². The van der Waals surface area contributed by atoms with E-state index in [0.717, 1.165) is 0 Å². The quantitative estimate of drug-likeness (QED) is 0.641. The molecular formula is C7H7Cl7O. The minimum Gasteiger partial charge on any atom is -0.358 e. The Morgan fingerprint density at radius 2 is 1.27 bits per heavy atom. The molecule has 15 heavy (non-hydrogen) atoms. The van der Waals surface area contributed by atoms with Crippen LogP contribution in [0.4, 0.5) is 0 Å². The number of hydrogen-bond acceptors (Lipinski definition) is 1. The predicted octanol–water partition coefficient (Wildman–Crippen LogP) is 4.19. The monoisotopic (exact) mass is 352 g/mol. The van der Waals surface area contributed by atoms with Gasteiger partial charge in [0.1, 0.15) is 0 Å². The van der Waals surface area contributed by atoms with Gasteiger partial charge in [0.2, 0.25) is 0 Å². The number of alkyl halides is 7. The molecule has 0 N–H and O–H groups in total. The fourth-order valence-corrected chi connectivity index (χ4v) is 4.17. The minimum absolute atomic E-state index is 0.695. The fraction of sp³-hybridized carbons (Fsp3) is 1.00. The van der Waals surface area contributed by atoms with E-state index in [1.807, 2.05) is 0 Å². The zero-order chi connectivity index (χ0) is 12.0. The summed E-state index contributed by atoms with van der Waals surface area (Å²) in [5.74, 6) is 0. The summed E-state index contributed by atoms with van der Waals surface area (Å²) in [5, 5.41) is -4.72. The van der Waals surface area contributed by atoms with Crippen molar-refractivity contribution in [3.05, 3.63) is 0 Å².